The Morgan fingerprint density at radius 1 is 0.962 bits per heavy atom. The highest BCUT2D eigenvalue weighted by atomic mass is 16.5. The maximum absolute atomic E-state index is 5.41. The molecule has 1 saturated carbocycles. The molecule has 0 spiro atoms. The van der Waals surface area contributed by atoms with Gasteiger partial charge in [-0.25, -0.2) is 9.97 Å². The quantitative estimate of drug-likeness (QED) is 0.798. The molecule has 1 aromatic rings. The van der Waals surface area contributed by atoms with Crippen molar-refractivity contribution in [3.63, 3.8) is 0 Å². The fraction of sp³-hybridized carbons (Fsp3) is 0.800. The maximum Gasteiger partial charge on any atom is 0.225 e. The van der Waals surface area contributed by atoms with Crippen LogP contribution in [-0.2, 0) is 11.3 Å². The summed E-state index contributed by atoms with van der Waals surface area (Å²) in [5.41, 5.74) is 1.25. The van der Waals surface area contributed by atoms with Crippen LogP contribution in [0.4, 0.5) is 5.95 Å². The lowest BCUT2D eigenvalue weighted by Gasteiger charge is -2.36. The number of nitrogens with zero attached hydrogens (tertiary/aromatic N) is 5. The molecule has 0 unspecified atom stereocenters. The highest BCUT2D eigenvalue weighted by molar-refractivity contribution is 5.30. The van der Waals surface area contributed by atoms with Gasteiger partial charge in [0.2, 0.25) is 5.95 Å². The Labute approximate surface area is 156 Å². The summed E-state index contributed by atoms with van der Waals surface area (Å²) in [4.78, 5) is 16.9. The summed E-state index contributed by atoms with van der Waals surface area (Å²) in [6.45, 7) is 9.47. The molecule has 26 heavy (non-hydrogen) atoms. The van der Waals surface area contributed by atoms with E-state index in [-0.39, 0.29) is 0 Å². The van der Waals surface area contributed by atoms with Gasteiger partial charge in [-0.3, -0.25) is 9.80 Å². The van der Waals surface area contributed by atoms with E-state index in [1.54, 1.807) is 0 Å². The van der Waals surface area contributed by atoms with E-state index in [0.29, 0.717) is 0 Å². The molecule has 0 amide bonds. The number of hydrogen-bond acceptors (Lipinski definition) is 6. The first-order valence-corrected chi connectivity index (χ1v) is 10.4. The molecule has 0 N–H and O–H groups in total. The minimum atomic E-state index is 0.767. The van der Waals surface area contributed by atoms with Gasteiger partial charge >= 0.3 is 0 Å². The summed E-state index contributed by atoms with van der Waals surface area (Å²) >= 11 is 0. The second-order valence-electron chi connectivity index (χ2n) is 8.68. The van der Waals surface area contributed by atoms with E-state index in [1.807, 2.05) is 12.4 Å². The van der Waals surface area contributed by atoms with Gasteiger partial charge in [-0.2, -0.15) is 0 Å². The van der Waals surface area contributed by atoms with E-state index in [2.05, 4.69) is 24.7 Å². The summed E-state index contributed by atoms with van der Waals surface area (Å²) in [6.07, 6.45) is 9.79. The summed E-state index contributed by atoms with van der Waals surface area (Å²) in [5, 5.41) is 0. The molecule has 6 nitrogen and oxygen atoms in total. The first kappa shape index (κ1) is 16.9. The van der Waals surface area contributed by atoms with Gasteiger partial charge in [-0.1, -0.05) is 0 Å². The van der Waals surface area contributed by atoms with Crippen LogP contribution < -0.4 is 4.90 Å². The smallest absolute Gasteiger partial charge is 0.225 e. The zero-order valence-corrected chi connectivity index (χ0v) is 15.7. The van der Waals surface area contributed by atoms with Crippen LogP contribution in [0.2, 0.25) is 0 Å². The Bertz CT molecular complexity index is 599. The number of ether oxygens (including phenoxy) is 1. The Morgan fingerprint density at radius 3 is 2.54 bits per heavy atom. The van der Waals surface area contributed by atoms with Crippen LogP contribution >= 0.6 is 0 Å². The van der Waals surface area contributed by atoms with Gasteiger partial charge in [-0.05, 0) is 37.5 Å². The van der Waals surface area contributed by atoms with Gasteiger partial charge in [0.1, 0.15) is 0 Å². The van der Waals surface area contributed by atoms with Crippen molar-refractivity contribution in [3.8, 4) is 0 Å². The lowest BCUT2D eigenvalue weighted by atomic mass is 9.95. The van der Waals surface area contributed by atoms with Gasteiger partial charge in [-0.15, -0.1) is 0 Å². The molecule has 2 bridgehead atoms. The van der Waals surface area contributed by atoms with Crippen LogP contribution in [0.3, 0.4) is 0 Å². The van der Waals surface area contributed by atoms with Gasteiger partial charge in [0.05, 0.1) is 13.2 Å². The van der Waals surface area contributed by atoms with E-state index in [9.17, 15) is 0 Å². The summed E-state index contributed by atoms with van der Waals surface area (Å²) < 4.78 is 5.41. The molecule has 5 heterocycles. The fourth-order valence-corrected chi connectivity index (χ4v) is 4.88. The van der Waals surface area contributed by atoms with Gasteiger partial charge in [0.15, 0.2) is 0 Å². The van der Waals surface area contributed by atoms with Crippen LogP contribution in [0.5, 0.6) is 0 Å². The molecule has 0 aromatic carbocycles. The molecule has 6 heteroatoms. The first-order valence-electron chi connectivity index (χ1n) is 10.4. The van der Waals surface area contributed by atoms with Gasteiger partial charge in [0, 0.05) is 69.8 Å². The SMILES string of the molecule is c1nc(N2CCOCC2)ncc1CN1C[C@H]2CC[C@@H](C1)N(CC1CC1)C2. The third kappa shape index (κ3) is 3.87. The first-order chi connectivity index (χ1) is 12.8. The summed E-state index contributed by atoms with van der Waals surface area (Å²) in [6, 6.07) is 0.767. The zero-order chi connectivity index (χ0) is 17.3. The molecular weight excluding hydrogens is 326 g/mol. The van der Waals surface area contributed by atoms with Crippen LogP contribution in [0, 0.1) is 11.8 Å². The largest absolute Gasteiger partial charge is 0.378 e. The maximum atomic E-state index is 5.41. The molecule has 5 fully saturated rings. The monoisotopic (exact) mass is 357 g/mol. The highest BCUT2D eigenvalue weighted by Gasteiger charge is 2.37. The van der Waals surface area contributed by atoms with E-state index in [0.717, 1.165) is 56.7 Å². The standard InChI is InChI=1S/C20H31N5O/c1-2-16(1)13-25-14-17-3-4-19(25)15-23(11-17)12-18-9-21-20(22-10-18)24-5-7-26-8-6-24/h9-10,16-17,19H,1-8,11-15H2/t17-,19+/m1/s1. The molecule has 4 aliphatic heterocycles. The summed E-state index contributed by atoms with van der Waals surface area (Å²) in [5.74, 6) is 2.70. The molecule has 6 rings (SSSR count). The van der Waals surface area contributed by atoms with E-state index in [1.165, 1.54) is 57.4 Å². The van der Waals surface area contributed by atoms with Crippen molar-refractivity contribution >= 4 is 5.95 Å². The van der Waals surface area contributed by atoms with E-state index < -0.39 is 0 Å². The normalized spacial score (nSPS) is 30.5. The van der Waals surface area contributed by atoms with Crippen molar-refractivity contribution in [2.24, 2.45) is 11.8 Å². The third-order valence-electron chi connectivity index (χ3n) is 6.48. The Hall–Kier alpha value is -1.24. The second kappa shape index (κ2) is 7.41. The van der Waals surface area contributed by atoms with Crippen molar-refractivity contribution in [3.05, 3.63) is 18.0 Å². The molecule has 1 aromatic heterocycles. The van der Waals surface area contributed by atoms with E-state index >= 15 is 0 Å². The van der Waals surface area contributed by atoms with Crippen LogP contribution in [-0.4, -0.2) is 78.3 Å². The summed E-state index contributed by atoms with van der Waals surface area (Å²) in [7, 11) is 0. The average Bonchev–Trinajstić information content (AvgIpc) is 3.51. The fourth-order valence-electron chi connectivity index (χ4n) is 4.88. The topological polar surface area (TPSA) is 44.7 Å². The number of hydrogen-bond donors (Lipinski definition) is 0. The molecule has 142 valence electrons. The molecular formula is C20H31N5O. The second-order valence-corrected chi connectivity index (χ2v) is 8.68. The predicted molar refractivity (Wildman–Crippen MR) is 101 cm³/mol. The van der Waals surface area contributed by atoms with Crippen molar-refractivity contribution in [1.29, 1.82) is 0 Å². The molecule has 1 aliphatic carbocycles. The Balaban J connectivity index is 1.20. The number of fused-ring (bicyclic) bond motifs is 4. The highest BCUT2D eigenvalue weighted by Crippen LogP contribution is 2.35. The van der Waals surface area contributed by atoms with E-state index in [4.69, 9.17) is 4.74 Å². The van der Waals surface area contributed by atoms with Crippen molar-refractivity contribution < 1.29 is 4.74 Å². The zero-order valence-electron chi connectivity index (χ0n) is 15.7. The molecule has 2 atom stereocenters. The molecule has 4 saturated heterocycles. The number of aromatic nitrogens is 2. The van der Waals surface area contributed by atoms with Gasteiger partial charge in [0.25, 0.3) is 0 Å². The minimum Gasteiger partial charge on any atom is -0.378 e. The predicted octanol–water partition coefficient (Wildman–Crippen LogP) is 1.62. The lowest BCUT2D eigenvalue weighted by molar-refractivity contribution is 0.122. The number of morpholine rings is 1. The minimum absolute atomic E-state index is 0.767. The molecule has 5 aliphatic rings. The van der Waals surface area contributed by atoms with Crippen molar-refractivity contribution in [2.45, 2.75) is 38.3 Å². The third-order valence-corrected chi connectivity index (χ3v) is 6.48. The number of piperidine rings is 1. The van der Waals surface area contributed by atoms with Crippen LogP contribution in [0.15, 0.2) is 12.4 Å². The van der Waals surface area contributed by atoms with Crippen molar-refractivity contribution in [2.75, 3.05) is 57.4 Å². The van der Waals surface area contributed by atoms with Gasteiger partial charge < -0.3 is 9.64 Å². The van der Waals surface area contributed by atoms with Crippen LogP contribution in [0.1, 0.15) is 31.2 Å². The van der Waals surface area contributed by atoms with Crippen molar-refractivity contribution in [1.82, 2.24) is 19.8 Å². The Kier molecular flexibility index (Phi) is 4.82. The number of anilines is 1. The average molecular weight is 358 g/mol. The lowest BCUT2D eigenvalue weighted by Crippen LogP contribution is -2.44. The molecule has 0 radical (unpaired) electrons. The van der Waals surface area contributed by atoms with Crippen LogP contribution in [0.25, 0.3) is 0 Å². The Morgan fingerprint density at radius 2 is 1.77 bits per heavy atom. The number of rotatable bonds is 5.